The quantitative estimate of drug-likeness (QED) is 0.651. The van der Waals surface area contributed by atoms with Gasteiger partial charge in [0.05, 0.1) is 12.2 Å². The summed E-state index contributed by atoms with van der Waals surface area (Å²) >= 11 is 0. The van der Waals surface area contributed by atoms with Crippen LogP contribution in [0.15, 0.2) is 0 Å². The number of ether oxygens (including phenoxy) is 1. The predicted octanol–water partition coefficient (Wildman–Crippen LogP) is 3.26. The molecule has 0 aromatic carbocycles. The van der Waals surface area contributed by atoms with Crippen molar-refractivity contribution < 1.29 is 4.74 Å². The van der Waals surface area contributed by atoms with Gasteiger partial charge in [0, 0.05) is 0 Å². The monoisotopic (exact) mass is 182 g/mol. The van der Waals surface area contributed by atoms with Crippen molar-refractivity contribution in [3.8, 4) is 0 Å². The SMILES string of the molecule is [CH2]CC1C[CH]C(COC(C)(C)C)C1. The molecule has 1 rings (SSSR count). The van der Waals surface area contributed by atoms with Crippen LogP contribution in [0.2, 0.25) is 0 Å². The summed E-state index contributed by atoms with van der Waals surface area (Å²) in [5.41, 5.74) is 0.0103. The van der Waals surface area contributed by atoms with Gasteiger partial charge in [-0.05, 0) is 51.9 Å². The van der Waals surface area contributed by atoms with E-state index in [0.29, 0.717) is 5.92 Å². The van der Waals surface area contributed by atoms with Gasteiger partial charge in [-0.2, -0.15) is 0 Å². The molecule has 0 amide bonds. The third kappa shape index (κ3) is 4.12. The zero-order valence-corrected chi connectivity index (χ0v) is 9.18. The minimum atomic E-state index is 0.0103. The second kappa shape index (κ2) is 4.45. The van der Waals surface area contributed by atoms with Crippen molar-refractivity contribution in [1.82, 2.24) is 0 Å². The van der Waals surface area contributed by atoms with E-state index in [1.807, 2.05) is 0 Å². The highest BCUT2D eigenvalue weighted by Crippen LogP contribution is 2.32. The zero-order chi connectivity index (χ0) is 9.90. The first-order valence-electron chi connectivity index (χ1n) is 5.28. The molecule has 1 fully saturated rings. The number of hydrogen-bond acceptors (Lipinski definition) is 1. The Labute approximate surface area is 82.9 Å². The molecule has 0 bridgehead atoms. The summed E-state index contributed by atoms with van der Waals surface area (Å²) in [6.07, 6.45) is 5.99. The third-order valence-electron chi connectivity index (χ3n) is 2.58. The number of hydrogen-bond donors (Lipinski definition) is 0. The van der Waals surface area contributed by atoms with Crippen LogP contribution in [-0.2, 0) is 4.74 Å². The molecule has 1 nitrogen and oxygen atoms in total. The molecule has 76 valence electrons. The molecule has 0 N–H and O–H groups in total. The smallest absolute Gasteiger partial charge is 0.0598 e. The summed E-state index contributed by atoms with van der Waals surface area (Å²) < 4.78 is 5.75. The fourth-order valence-electron chi connectivity index (χ4n) is 1.73. The van der Waals surface area contributed by atoms with Crippen LogP contribution in [0.4, 0.5) is 0 Å². The predicted molar refractivity (Wildman–Crippen MR) is 56.2 cm³/mol. The molecule has 0 aromatic rings. The van der Waals surface area contributed by atoms with Gasteiger partial charge in [0.25, 0.3) is 0 Å². The van der Waals surface area contributed by atoms with Crippen LogP contribution in [-0.4, -0.2) is 12.2 Å². The van der Waals surface area contributed by atoms with Crippen LogP contribution in [0.5, 0.6) is 0 Å². The van der Waals surface area contributed by atoms with Gasteiger partial charge < -0.3 is 4.74 Å². The lowest BCUT2D eigenvalue weighted by atomic mass is 10.0. The normalized spacial score (nSPS) is 29.5. The molecule has 0 heterocycles. The summed E-state index contributed by atoms with van der Waals surface area (Å²) in [6.45, 7) is 11.2. The van der Waals surface area contributed by atoms with Gasteiger partial charge in [-0.3, -0.25) is 0 Å². The molecule has 13 heavy (non-hydrogen) atoms. The minimum absolute atomic E-state index is 0.0103. The van der Waals surface area contributed by atoms with E-state index in [1.54, 1.807) is 0 Å². The molecule has 0 spiro atoms. The van der Waals surface area contributed by atoms with Gasteiger partial charge >= 0.3 is 0 Å². The molecule has 0 aliphatic heterocycles. The summed E-state index contributed by atoms with van der Waals surface area (Å²) in [4.78, 5) is 0. The molecule has 2 unspecified atom stereocenters. The van der Waals surface area contributed by atoms with E-state index in [2.05, 4.69) is 34.1 Å². The molecule has 2 atom stereocenters. The van der Waals surface area contributed by atoms with E-state index < -0.39 is 0 Å². The van der Waals surface area contributed by atoms with Crippen molar-refractivity contribution in [2.45, 2.75) is 45.6 Å². The average molecular weight is 182 g/mol. The fourth-order valence-corrected chi connectivity index (χ4v) is 1.73. The van der Waals surface area contributed by atoms with E-state index in [1.165, 1.54) is 12.8 Å². The van der Waals surface area contributed by atoms with E-state index in [4.69, 9.17) is 4.74 Å². The summed E-state index contributed by atoms with van der Waals surface area (Å²) in [5, 5.41) is 0. The standard InChI is InChI=1S/C12H22O/c1-5-10-6-7-11(8-10)9-13-12(2,3)4/h7,10-11H,1,5-6,8-9H2,2-4H3. The Bertz CT molecular complexity index is 146. The largest absolute Gasteiger partial charge is 0.376 e. The highest BCUT2D eigenvalue weighted by atomic mass is 16.5. The van der Waals surface area contributed by atoms with Gasteiger partial charge in [0.2, 0.25) is 0 Å². The van der Waals surface area contributed by atoms with Gasteiger partial charge in [0.1, 0.15) is 0 Å². The molecule has 1 saturated carbocycles. The zero-order valence-electron chi connectivity index (χ0n) is 9.18. The van der Waals surface area contributed by atoms with Crippen molar-refractivity contribution in [1.29, 1.82) is 0 Å². The van der Waals surface area contributed by atoms with Crippen LogP contribution in [0.25, 0.3) is 0 Å². The fraction of sp³-hybridized carbons (Fsp3) is 0.833. The Morgan fingerprint density at radius 3 is 2.62 bits per heavy atom. The molecule has 1 aliphatic rings. The lowest BCUT2D eigenvalue weighted by Gasteiger charge is -2.22. The molecular weight excluding hydrogens is 160 g/mol. The first kappa shape index (κ1) is 11.0. The lowest BCUT2D eigenvalue weighted by Crippen LogP contribution is -2.22. The Morgan fingerprint density at radius 2 is 2.15 bits per heavy atom. The molecule has 1 heteroatoms. The Kier molecular flexibility index (Phi) is 3.78. The summed E-state index contributed by atoms with van der Waals surface area (Å²) in [6, 6.07) is 0. The van der Waals surface area contributed by atoms with Crippen molar-refractivity contribution in [2.24, 2.45) is 11.8 Å². The van der Waals surface area contributed by atoms with Crippen molar-refractivity contribution in [3.05, 3.63) is 13.3 Å². The van der Waals surface area contributed by atoms with Gasteiger partial charge in [-0.25, -0.2) is 0 Å². The van der Waals surface area contributed by atoms with Crippen molar-refractivity contribution in [2.75, 3.05) is 6.61 Å². The molecule has 0 saturated heterocycles. The maximum Gasteiger partial charge on any atom is 0.0598 e. The lowest BCUT2D eigenvalue weighted by molar-refractivity contribution is -0.0171. The van der Waals surface area contributed by atoms with E-state index in [-0.39, 0.29) is 5.60 Å². The Hall–Kier alpha value is -0.0400. The highest BCUT2D eigenvalue weighted by Gasteiger charge is 2.25. The second-order valence-corrected chi connectivity index (χ2v) is 5.05. The summed E-state index contributed by atoms with van der Waals surface area (Å²) in [7, 11) is 0. The van der Waals surface area contributed by atoms with Crippen LogP contribution < -0.4 is 0 Å². The third-order valence-corrected chi connectivity index (χ3v) is 2.58. The van der Waals surface area contributed by atoms with E-state index >= 15 is 0 Å². The highest BCUT2D eigenvalue weighted by molar-refractivity contribution is 4.89. The maximum atomic E-state index is 5.75. The van der Waals surface area contributed by atoms with Gasteiger partial charge in [0.15, 0.2) is 0 Å². The van der Waals surface area contributed by atoms with Crippen molar-refractivity contribution >= 4 is 0 Å². The Morgan fingerprint density at radius 1 is 1.46 bits per heavy atom. The van der Waals surface area contributed by atoms with Gasteiger partial charge in [-0.15, -0.1) is 0 Å². The number of rotatable bonds is 3. The van der Waals surface area contributed by atoms with Crippen LogP contribution in [0, 0.1) is 25.2 Å². The van der Waals surface area contributed by atoms with Crippen LogP contribution in [0.3, 0.4) is 0 Å². The Balaban J connectivity index is 2.17. The molecule has 0 aromatic heterocycles. The minimum Gasteiger partial charge on any atom is -0.376 e. The average Bonchev–Trinajstić information content (AvgIpc) is 2.47. The second-order valence-electron chi connectivity index (χ2n) is 5.05. The van der Waals surface area contributed by atoms with Crippen LogP contribution in [0.1, 0.15) is 40.0 Å². The molecule has 2 radical (unpaired) electrons. The van der Waals surface area contributed by atoms with Crippen molar-refractivity contribution in [3.63, 3.8) is 0 Å². The first-order chi connectivity index (χ1) is 6.01. The maximum absolute atomic E-state index is 5.75. The van der Waals surface area contributed by atoms with Crippen LogP contribution >= 0.6 is 0 Å². The topological polar surface area (TPSA) is 9.23 Å². The first-order valence-corrected chi connectivity index (χ1v) is 5.28. The van der Waals surface area contributed by atoms with E-state index in [0.717, 1.165) is 18.9 Å². The summed E-state index contributed by atoms with van der Waals surface area (Å²) in [5.74, 6) is 1.49. The molecule has 1 aliphatic carbocycles. The molecular formula is C12H22O. The van der Waals surface area contributed by atoms with Gasteiger partial charge in [-0.1, -0.05) is 13.3 Å². The van der Waals surface area contributed by atoms with E-state index in [9.17, 15) is 0 Å².